The van der Waals surface area contributed by atoms with Crippen LogP contribution in [0.4, 0.5) is 0 Å². The molecule has 1 atom stereocenters. The van der Waals surface area contributed by atoms with E-state index >= 15 is 0 Å². The number of hydrogen-bond donors (Lipinski definition) is 1. The number of nitrogens with one attached hydrogen (secondary N) is 1. The van der Waals surface area contributed by atoms with Crippen LogP contribution in [0.15, 0.2) is 0 Å². The van der Waals surface area contributed by atoms with Gasteiger partial charge in [-0.3, -0.25) is 0 Å². The molecule has 0 aromatic carbocycles. The molecule has 3 nitrogen and oxygen atoms in total. The van der Waals surface area contributed by atoms with Gasteiger partial charge >= 0.3 is 0 Å². The van der Waals surface area contributed by atoms with Crippen molar-refractivity contribution in [1.29, 1.82) is 0 Å². The highest BCUT2D eigenvalue weighted by Crippen LogP contribution is 1.83. The van der Waals surface area contributed by atoms with E-state index in [4.69, 9.17) is 4.74 Å². The molecule has 0 spiro atoms. The fraction of sp³-hybridized carbons (Fsp3) is 1.00. The lowest BCUT2D eigenvalue weighted by molar-refractivity contribution is 0.127. The average Bonchev–Trinajstić information content (AvgIpc) is 2.00. The smallest absolute Gasteiger partial charge is 0.0616 e. The number of hydrogen-bond acceptors (Lipinski definition) is 3. The molecule has 0 saturated carbocycles. The predicted octanol–water partition coefficient (Wildman–Crippen LogP) is 0.563. The van der Waals surface area contributed by atoms with Gasteiger partial charge in [-0.05, 0) is 27.9 Å². The zero-order valence-electron chi connectivity index (χ0n) is 8.76. The molecular weight excluding hydrogens is 152 g/mol. The molecule has 1 unspecified atom stereocenters. The summed E-state index contributed by atoms with van der Waals surface area (Å²) in [5, 5.41) is 3.38. The van der Waals surface area contributed by atoms with E-state index in [2.05, 4.69) is 31.2 Å². The topological polar surface area (TPSA) is 24.5 Å². The zero-order valence-corrected chi connectivity index (χ0v) is 8.76. The van der Waals surface area contributed by atoms with Crippen LogP contribution in [0, 0.1) is 0 Å². The molecule has 0 aromatic rings. The minimum absolute atomic E-state index is 0.463. The minimum atomic E-state index is 0.463. The molecule has 0 aromatic heterocycles. The fourth-order valence-corrected chi connectivity index (χ4v) is 0.888. The maximum Gasteiger partial charge on any atom is 0.0616 e. The van der Waals surface area contributed by atoms with Crippen LogP contribution in [0.5, 0.6) is 0 Å². The van der Waals surface area contributed by atoms with Crippen LogP contribution >= 0.6 is 0 Å². The maximum atomic E-state index is 5.28. The summed E-state index contributed by atoms with van der Waals surface area (Å²) in [7, 11) is 4.16. The van der Waals surface area contributed by atoms with E-state index in [-0.39, 0.29) is 0 Å². The lowest BCUT2D eigenvalue weighted by atomic mass is 10.3. The molecule has 74 valence electrons. The van der Waals surface area contributed by atoms with E-state index in [0.29, 0.717) is 6.04 Å². The summed E-state index contributed by atoms with van der Waals surface area (Å²) < 4.78 is 5.28. The lowest BCUT2D eigenvalue weighted by Crippen LogP contribution is -2.35. The molecule has 0 radical (unpaired) electrons. The highest BCUT2D eigenvalue weighted by atomic mass is 16.5. The van der Waals surface area contributed by atoms with Gasteiger partial charge in [0.05, 0.1) is 6.61 Å². The largest absolute Gasteiger partial charge is 0.380 e. The van der Waals surface area contributed by atoms with Gasteiger partial charge in [-0.2, -0.15) is 0 Å². The molecule has 0 amide bonds. The van der Waals surface area contributed by atoms with E-state index < -0.39 is 0 Å². The summed E-state index contributed by atoms with van der Waals surface area (Å²) in [6, 6.07) is 0.463. The van der Waals surface area contributed by atoms with Gasteiger partial charge in [-0.15, -0.1) is 0 Å². The first-order chi connectivity index (χ1) is 5.66. The first-order valence-corrected chi connectivity index (χ1v) is 4.62. The third-order valence-electron chi connectivity index (χ3n) is 1.62. The molecule has 0 bridgehead atoms. The summed E-state index contributed by atoms with van der Waals surface area (Å²) in [4.78, 5) is 2.17. The highest BCUT2D eigenvalue weighted by Gasteiger charge is 1.99. The van der Waals surface area contributed by atoms with Crippen molar-refractivity contribution in [2.75, 3.05) is 40.4 Å². The number of nitrogens with zero attached hydrogens (tertiary/aromatic N) is 1. The predicted molar refractivity (Wildman–Crippen MR) is 52.5 cm³/mol. The van der Waals surface area contributed by atoms with Crippen LogP contribution in [-0.2, 0) is 4.74 Å². The van der Waals surface area contributed by atoms with E-state index in [9.17, 15) is 0 Å². The van der Waals surface area contributed by atoms with Crippen molar-refractivity contribution in [3.05, 3.63) is 0 Å². The van der Waals surface area contributed by atoms with Crippen LogP contribution < -0.4 is 5.32 Å². The van der Waals surface area contributed by atoms with Gasteiger partial charge in [0.15, 0.2) is 0 Å². The second kappa shape index (κ2) is 7.53. The number of likely N-dealkylation sites (N-methyl/N-ethyl adjacent to an activating group) is 1. The van der Waals surface area contributed by atoms with Crippen LogP contribution in [-0.4, -0.2) is 51.3 Å². The Hall–Kier alpha value is -0.120. The molecule has 1 N–H and O–H groups in total. The molecule has 0 rings (SSSR count). The van der Waals surface area contributed by atoms with E-state index in [1.54, 1.807) is 0 Å². The summed E-state index contributed by atoms with van der Waals surface area (Å²) in [5.74, 6) is 0. The third kappa shape index (κ3) is 7.98. The van der Waals surface area contributed by atoms with Crippen molar-refractivity contribution < 1.29 is 4.74 Å². The Morgan fingerprint density at radius 3 is 2.58 bits per heavy atom. The van der Waals surface area contributed by atoms with Crippen molar-refractivity contribution >= 4 is 0 Å². The Kier molecular flexibility index (Phi) is 7.45. The van der Waals surface area contributed by atoms with Crippen LogP contribution in [0.1, 0.15) is 13.8 Å². The van der Waals surface area contributed by atoms with Gasteiger partial charge in [0.25, 0.3) is 0 Å². The van der Waals surface area contributed by atoms with Gasteiger partial charge < -0.3 is 15.0 Å². The van der Waals surface area contributed by atoms with E-state index in [1.165, 1.54) is 0 Å². The fourth-order valence-electron chi connectivity index (χ4n) is 0.888. The van der Waals surface area contributed by atoms with Crippen LogP contribution in [0.3, 0.4) is 0 Å². The van der Waals surface area contributed by atoms with Gasteiger partial charge in [0.1, 0.15) is 0 Å². The Morgan fingerprint density at radius 2 is 2.08 bits per heavy atom. The quantitative estimate of drug-likeness (QED) is 0.610. The van der Waals surface area contributed by atoms with Crippen LogP contribution in [0.2, 0.25) is 0 Å². The highest BCUT2D eigenvalue weighted by molar-refractivity contribution is 4.59. The van der Waals surface area contributed by atoms with Gasteiger partial charge in [0.2, 0.25) is 0 Å². The molecule has 0 aliphatic carbocycles. The lowest BCUT2D eigenvalue weighted by Gasteiger charge is -2.15. The molecule has 3 heteroatoms. The normalized spacial score (nSPS) is 13.8. The third-order valence-corrected chi connectivity index (χ3v) is 1.62. The minimum Gasteiger partial charge on any atom is -0.380 e. The van der Waals surface area contributed by atoms with Crippen molar-refractivity contribution in [2.45, 2.75) is 19.9 Å². The summed E-state index contributed by atoms with van der Waals surface area (Å²) in [6.07, 6.45) is 0. The molecule has 0 aliphatic heterocycles. The van der Waals surface area contributed by atoms with E-state index in [0.717, 1.165) is 26.3 Å². The van der Waals surface area contributed by atoms with E-state index in [1.807, 2.05) is 6.92 Å². The van der Waals surface area contributed by atoms with Gasteiger partial charge in [-0.25, -0.2) is 0 Å². The summed E-state index contributed by atoms with van der Waals surface area (Å²) in [6.45, 7) is 7.89. The van der Waals surface area contributed by atoms with Gasteiger partial charge in [0, 0.05) is 25.7 Å². The number of ether oxygens (including phenoxy) is 1. The second-order valence-corrected chi connectivity index (χ2v) is 3.32. The Labute approximate surface area is 76.1 Å². The Bertz CT molecular complexity index is 96.5. The standard InChI is InChI=1S/C9H22N2O/c1-5-12-8-9(2)10-6-7-11(3)4/h9-10H,5-8H2,1-4H3. The number of rotatable bonds is 7. The Morgan fingerprint density at radius 1 is 1.42 bits per heavy atom. The molecule has 12 heavy (non-hydrogen) atoms. The summed E-state index contributed by atoms with van der Waals surface area (Å²) in [5.41, 5.74) is 0. The van der Waals surface area contributed by atoms with Crippen molar-refractivity contribution in [3.63, 3.8) is 0 Å². The van der Waals surface area contributed by atoms with Crippen molar-refractivity contribution in [3.8, 4) is 0 Å². The van der Waals surface area contributed by atoms with Crippen LogP contribution in [0.25, 0.3) is 0 Å². The van der Waals surface area contributed by atoms with Crippen molar-refractivity contribution in [1.82, 2.24) is 10.2 Å². The second-order valence-electron chi connectivity index (χ2n) is 3.32. The van der Waals surface area contributed by atoms with Gasteiger partial charge in [-0.1, -0.05) is 0 Å². The molecule has 0 heterocycles. The SMILES string of the molecule is CCOCC(C)NCCN(C)C. The summed E-state index contributed by atoms with van der Waals surface area (Å²) >= 11 is 0. The molecule has 0 aliphatic rings. The molecule has 0 fully saturated rings. The Balaban J connectivity index is 3.13. The maximum absolute atomic E-state index is 5.28. The average molecular weight is 174 g/mol. The first-order valence-electron chi connectivity index (χ1n) is 4.62. The molecular formula is C9H22N2O. The first kappa shape index (κ1) is 11.9. The zero-order chi connectivity index (χ0) is 9.40. The van der Waals surface area contributed by atoms with Crippen molar-refractivity contribution in [2.24, 2.45) is 0 Å². The molecule has 0 saturated heterocycles. The monoisotopic (exact) mass is 174 g/mol.